The maximum atomic E-state index is 10.6. The summed E-state index contributed by atoms with van der Waals surface area (Å²) in [6.07, 6.45) is 0. The lowest BCUT2D eigenvalue weighted by Gasteiger charge is -2.13. The third kappa shape index (κ3) is 6.38. The number of hydrogen-bond donors (Lipinski definition) is 2. The van der Waals surface area contributed by atoms with Crippen molar-refractivity contribution in [3.63, 3.8) is 0 Å². The number of nitrogens with one attached hydrogen (secondary N) is 1. The first-order valence-electron chi connectivity index (χ1n) is 4.14. The van der Waals surface area contributed by atoms with E-state index in [0.717, 1.165) is 0 Å². The fraction of sp³-hybridized carbons (Fsp3) is 0.750. The molecule has 0 aromatic rings. The highest BCUT2D eigenvalue weighted by Crippen LogP contribution is 1.87. The number of rotatable bonds is 7. The van der Waals surface area contributed by atoms with Crippen LogP contribution in [0.1, 0.15) is 6.92 Å². The van der Waals surface area contributed by atoms with Gasteiger partial charge >= 0.3 is 5.97 Å². The van der Waals surface area contributed by atoms with Crippen molar-refractivity contribution in [1.82, 2.24) is 5.32 Å². The molecule has 0 fully saturated rings. The highest BCUT2D eigenvalue weighted by Gasteiger charge is 2.17. The second-order valence-corrected chi connectivity index (χ2v) is 2.66. The number of hydrogen-bond acceptors (Lipinski definition) is 4. The van der Waals surface area contributed by atoms with Crippen LogP contribution in [0.3, 0.4) is 0 Å². The fourth-order valence-electron chi connectivity index (χ4n) is 0.763. The molecule has 0 aromatic heterocycles. The summed E-state index contributed by atoms with van der Waals surface area (Å²) in [5, 5.41) is 10.9. The van der Waals surface area contributed by atoms with Crippen LogP contribution in [0.25, 0.3) is 0 Å². The van der Waals surface area contributed by atoms with E-state index in [4.69, 9.17) is 14.6 Å². The lowest BCUT2D eigenvalue weighted by atomic mass is 10.3. The Kier molecular flexibility index (Phi) is 6.69. The first-order valence-corrected chi connectivity index (χ1v) is 4.14. The van der Waals surface area contributed by atoms with Crippen molar-refractivity contribution in [2.24, 2.45) is 0 Å². The van der Waals surface area contributed by atoms with E-state index in [2.05, 4.69) is 5.32 Å². The number of carboxylic acid groups (broad SMARTS) is 1. The van der Waals surface area contributed by atoms with Crippen molar-refractivity contribution in [2.45, 2.75) is 13.0 Å². The van der Waals surface area contributed by atoms with E-state index < -0.39 is 17.9 Å². The maximum absolute atomic E-state index is 10.6. The number of ether oxygens (including phenoxy) is 2. The standard InChI is InChI=1S/C8H15NO5/c1-6(10)9-7(8(11)12)5-14-4-3-13-2/h7H,3-5H2,1-2H3,(H,9,10)(H,11,12)/t7-/m0/s1. The van der Waals surface area contributed by atoms with Gasteiger partial charge in [-0.3, -0.25) is 4.79 Å². The minimum atomic E-state index is -1.11. The van der Waals surface area contributed by atoms with Crippen LogP contribution in [0, 0.1) is 0 Å². The van der Waals surface area contributed by atoms with Gasteiger partial charge in [-0.25, -0.2) is 4.79 Å². The highest BCUT2D eigenvalue weighted by atomic mass is 16.5. The monoisotopic (exact) mass is 205 g/mol. The Hall–Kier alpha value is -1.14. The Morgan fingerprint density at radius 2 is 2.07 bits per heavy atom. The topological polar surface area (TPSA) is 84.9 Å². The summed E-state index contributed by atoms with van der Waals surface area (Å²) in [6.45, 7) is 1.90. The number of amides is 1. The van der Waals surface area contributed by atoms with Gasteiger partial charge in [-0.05, 0) is 0 Å². The van der Waals surface area contributed by atoms with E-state index >= 15 is 0 Å². The minimum absolute atomic E-state index is 0.0573. The predicted octanol–water partition coefficient (Wildman–Crippen LogP) is -0.761. The van der Waals surface area contributed by atoms with Crippen LogP contribution in [0.4, 0.5) is 0 Å². The highest BCUT2D eigenvalue weighted by molar-refractivity contribution is 5.82. The third-order valence-electron chi connectivity index (χ3n) is 1.39. The Bertz CT molecular complexity index is 194. The van der Waals surface area contributed by atoms with Gasteiger partial charge in [0, 0.05) is 14.0 Å². The molecule has 0 radical (unpaired) electrons. The first kappa shape index (κ1) is 12.9. The average Bonchev–Trinajstić information content (AvgIpc) is 2.09. The lowest BCUT2D eigenvalue weighted by Crippen LogP contribution is -2.43. The zero-order chi connectivity index (χ0) is 11.0. The van der Waals surface area contributed by atoms with Crippen LogP contribution >= 0.6 is 0 Å². The van der Waals surface area contributed by atoms with Gasteiger partial charge in [0.15, 0.2) is 6.04 Å². The molecule has 14 heavy (non-hydrogen) atoms. The number of carbonyl (C=O) groups is 2. The summed E-state index contributed by atoms with van der Waals surface area (Å²) >= 11 is 0. The molecule has 6 nitrogen and oxygen atoms in total. The van der Waals surface area contributed by atoms with E-state index in [1.54, 1.807) is 0 Å². The quantitative estimate of drug-likeness (QED) is 0.533. The molecule has 0 unspecified atom stereocenters. The molecule has 82 valence electrons. The van der Waals surface area contributed by atoms with Crippen LogP contribution in [0.5, 0.6) is 0 Å². The van der Waals surface area contributed by atoms with E-state index in [1.165, 1.54) is 14.0 Å². The van der Waals surface area contributed by atoms with Gasteiger partial charge < -0.3 is 19.9 Å². The fourth-order valence-corrected chi connectivity index (χ4v) is 0.763. The van der Waals surface area contributed by atoms with Gasteiger partial charge in [0.05, 0.1) is 19.8 Å². The zero-order valence-corrected chi connectivity index (χ0v) is 8.28. The normalized spacial score (nSPS) is 12.1. The second kappa shape index (κ2) is 7.28. The summed E-state index contributed by atoms with van der Waals surface area (Å²) in [5.41, 5.74) is 0. The molecule has 2 N–H and O–H groups in total. The van der Waals surface area contributed by atoms with Crippen LogP contribution in [0.15, 0.2) is 0 Å². The molecule has 0 bridgehead atoms. The molecule has 1 atom stereocenters. The van der Waals surface area contributed by atoms with Crippen molar-refractivity contribution >= 4 is 11.9 Å². The Balaban J connectivity index is 3.74. The minimum Gasteiger partial charge on any atom is -0.480 e. The largest absolute Gasteiger partial charge is 0.480 e. The molecule has 0 rings (SSSR count). The summed E-state index contributed by atoms with van der Waals surface area (Å²) in [7, 11) is 1.52. The average molecular weight is 205 g/mol. The summed E-state index contributed by atoms with van der Waals surface area (Å²) < 4.78 is 9.68. The molecule has 0 aliphatic carbocycles. The number of methoxy groups -OCH3 is 1. The van der Waals surface area contributed by atoms with Gasteiger partial charge in [0.1, 0.15) is 0 Å². The molecule has 0 spiro atoms. The van der Waals surface area contributed by atoms with Gasteiger partial charge in [-0.15, -0.1) is 0 Å². The van der Waals surface area contributed by atoms with Crippen molar-refractivity contribution in [3.05, 3.63) is 0 Å². The summed E-state index contributed by atoms with van der Waals surface area (Å²) in [4.78, 5) is 21.2. The van der Waals surface area contributed by atoms with Crippen molar-refractivity contribution < 1.29 is 24.2 Å². The van der Waals surface area contributed by atoms with Crippen molar-refractivity contribution in [2.75, 3.05) is 26.9 Å². The molecular formula is C8H15NO5. The van der Waals surface area contributed by atoms with E-state index in [9.17, 15) is 9.59 Å². The lowest BCUT2D eigenvalue weighted by molar-refractivity contribution is -0.143. The van der Waals surface area contributed by atoms with E-state index in [1.807, 2.05) is 0 Å². The summed E-state index contributed by atoms with van der Waals surface area (Å²) in [5.74, 6) is -1.51. The van der Waals surface area contributed by atoms with E-state index in [-0.39, 0.29) is 6.61 Å². The molecule has 6 heteroatoms. The Labute approximate surface area is 82.2 Å². The van der Waals surface area contributed by atoms with Crippen LogP contribution in [-0.2, 0) is 19.1 Å². The van der Waals surface area contributed by atoms with Crippen LogP contribution in [-0.4, -0.2) is 50.0 Å². The Morgan fingerprint density at radius 1 is 1.43 bits per heavy atom. The van der Waals surface area contributed by atoms with Crippen molar-refractivity contribution in [3.8, 4) is 0 Å². The smallest absolute Gasteiger partial charge is 0.328 e. The molecular weight excluding hydrogens is 190 g/mol. The van der Waals surface area contributed by atoms with E-state index in [0.29, 0.717) is 13.2 Å². The van der Waals surface area contributed by atoms with Gasteiger partial charge in [-0.1, -0.05) is 0 Å². The second-order valence-electron chi connectivity index (χ2n) is 2.66. The van der Waals surface area contributed by atoms with Gasteiger partial charge in [-0.2, -0.15) is 0 Å². The van der Waals surface area contributed by atoms with Crippen LogP contribution < -0.4 is 5.32 Å². The number of aliphatic carboxylic acids is 1. The molecule has 0 saturated heterocycles. The number of carboxylic acids is 1. The Morgan fingerprint density at radius 3 is 2.50 bits per heavy atom. The molecule has 0 aliphatic heterocycles. The van der Waals surface area contributed by atoms with Crippen molar-refractivity contribution in [1.29, 1.82) is 0 Å². The van der Waals surface area contributed by atoms with Crippen LogP contribution in [0.2, 0.25) is 0 Å². The predicted molar refractivity (Wildman–Crippen MR) is 47.9 cm³/mol. The molecule has 1 amide bonds. The maximum Gasteiger partial charge on any atom is 0.328 e. The molecule has 0 aliphatic rings. The SMILES string of the molecule is COCCOC[C@H](NC(C)=O)C(=O)O. The molecule has 0 heterocycles. The number of carbonyl (C=O) groups excluding carboxylic acids is 1. The zero-order valence-electron chi connectivity index (χ0n) is 8.28. The first-order chi connectivity index (χ1) is 6.57. The van der Waals surface area contributed by atoms with Gasteiger partial charge in [0.2, 0.25) is 5.91 Å². The third-order valence-corrected chi connectivity index (χ3v) is 1.39. The summed E-state index contributed by atoms with van der Waals surface area (Å²) in [6, 6.07) is -0.996. The molecule has 0 saturated carbocycles. The molecule has 0 aromatic carbocycles. The van der Waals surface area contributed by atoms with Gasteiger partial charge in [0.25, 0.3) is 0 Å².